The molecule has 5 heteroatoms. The van der Waals surface area contributed by atoms with Gasteiger partial charge in [-0.3, -0.25) is 0 Å². The van der Waals surface area contributed by atoms with Crippen molar-refractivity contribution in [2.75, 3.05) is 7.11 Å². The summed E-state index contributed by atoms with van der Waals surface area (Å²) in [6, 6.07) is 12.3. The third-order valence-corrected chi connectivity index (χ3v) is 2.59. The highest BCUT2D eigenvalue weighted by molar-refractivity contribution is 5.50. The topological polar surface area (TPSA) is 66.0 Å². The van der Waals surface area contributed by atoms with Gasteiger partial charge in [-0.2, -0.15) is 10.5 Å². The lowest BCUT2D eigenvalue weighted by molar-refractivity contribution is 0.405. The summed E-state index contributed by atoms with van der Waals surface area (Å²) in [5, 5.41) is 17.7. The Bertz CT molecular complexity index is 730. The zero-order valence-corrected chi connectivity index (χ0v) is 10.6. The average Bonchev–Trinajstić information content (AvgIpc) is 2.49. The number of nitriles is 2. The zero-order valence-electron chi connectivity index (χ0n) is 10.6. The fraction of sp³-hybridized carbons (Fsp3) is 0.0667. The second-order valence-corrected chi connectivity index (χ2v) is 3.83. The predicted molar refractivity (Wildman–Crippen MR) is 68.9 cm³/mol. The van der Waals surface area contributed by atoms with E-state index in [0.717, 1.165) is 6.07 Å². The molecular weight excluding hydrogens is 259 g/mol. The molecule has 4 nitrogen and oxygen atoms in total. The molecule has 0 fully saturated rings. The lowest BCUT2D eigenvalue weighted by Crippen LogP contribution is -1.93. The van der Waals surface area contributed by atoms with Gasteiger partial charge in [0, 0.05) is 6.07 Å². The van der Waals surface area contributed by atoms with Crippen molar-refractivity contribution in [1.82, 2.24) is 0 Å². The van der Waals surface area contributed by atoms with Gasteiger partial charge in [0.2, 0.25) is 0 Å². The summed E-state index contributed by atoms with van der Waals surface area (Å²) in [5.74, 6) is -0.0481. The predicted octanol–water partition coefficient (Wildman–Crippen LogP) is 3.37. The van der Waals surface area contributed by atoms with Crippen molar-refractivity contribution in [1.29, 1.82) is 10.5 Å². The van der Waals surface area contributed by atoms with Crippen LogP contribution in [-0.4, -0.2) is 7.11 Å². The van der Waals surface area contributed by atoms with E-state index in [1.165, 1.54) is 31.4 Å². The van der Waals surface area contributed by atoms with Gasteiger partial charge in [-0.1, -0.05) is 0 Å². The molecule has 0 saturated carbocycles. The second-order valence-electron chi connectivity index (χ2n) is 3.83. The molecule has 20 heavy (non-hydrogen) atoms. The van der Waals surface area contributed by atoms with Crippen LogP contribution in [0.3, 0.4) is 0 Å². The summed E-state index contributed by atoms with van der Waals surface area (Å²) in [6.45, 7) is 0. The minimum Gasteiger partial charge on any atom is -0.497 e. The summed E-state index contributed by atoms with van der Waals surface area (Å²) >= 11 is 0. The molecule has 2 rings (SSSR count). The standard InChI is InChI=1S/C15H9FN2O2/c1-19-12-4-3-11(9-18)15(7-12)20-14-5-2-10(8-17)6-13(14)16/h2-7H,1H3. The highest BCUT2D eigenvalue weighted by Crippen LogP contribution is 2.30. The van der Waals surface area contributed by atoms with Gasteiger partial charge in [0.15, 0.2) is 11.6 Å². The molecule has 0 atom stereocenters. The van der Waals surface area contributed by atoms with Crippen molar-refractivity contribution >= 4 is 0 Å². The van der Waals surface area contributed by atoms with Crippen molar-refractivity contribution < 1.29 is 13.9 Å². The molecule has 0 N–H and O–H groups in total. The molecule has 0 amide bonds. The number of methoxy groups -OCH3 is 1. The van der Waals surface area contributed by atoms with Gasteiger partial charge < -0.3 is 9.47 Å². The maximum Gasteiger partial charge on any atom is 0.167 e. The zero-order chi connectivity index (χ0) is 14.5. The van der Waals surface area contributed by atoms with E-state index in [-0.39, 0.29) is 22.6 Å². The Morgan fingerprint density at radius 1 is 1.00 bits per heavy atom. The van der Waals surface area contributed by atoms with E-state index in [9.17, 15) is 4.39 Å². The first-order valence-corrected chi connectivity index (χ1v) is 5.63. The fourth-order valence-corrected chi connectivity index (χ4v) is 1.58. The smallest absolute Gasteiger partial charge is 0.167 e. The molecule has 0 bridgehead atoms. The molecule has 0 unspecified atom stereocenters. The maximum absolute atomic E-state index is 13.8. The molecule has 0 aliphatic heterocycles. The third kappa shape index (κ3) is 2.68. The highest BCUT2D eigenvalue weighted by Gasteiger charge is 2.10. The van der Waals surface area contributed by atoms with E-state index in [4.69, 9.17) is 20.0 Å². The van der Waals surface area contributed by atoms with Crippen LogP contribution in [0.5, 0.6) is 17.2 Å². The summed E-state index contributed by atoms with van der Waals surface area (Å²) < 4.78 is 24.2. The number of ether oxygens (including phenoxy) is 2. The molecule has 0 aromatic heterocycles. The molecule has 0 radical (unpaired) electrons. The van der Waals surface area contributed by atoms with Crippen molar-refractivity contribution in [3.8, 4) is 29.4 Å². The lowest BCUT2D eigenvalue weighted by atomic mass is 10.2. The number of hydrogen-bond acceptors (Lipinski definition) is 4. The quantitative estimate of drug-likeness (QED) is 0.855. The molecule has 0 aliphatic rings. The Hall–Kier alpha value is -3.05. The second kappa shape index (κ2) is 5.73. The van der Waals surface area contributed by atoms with Crippen molar-refractivity contribution in [2.24, 2.45) is 0 Å². The van der Waals surface area contributed by atoms with Crippen molar-refractivity contribution in [2.45, 2.75) is 0 Å². The van der Waals surface area contributed by atoms with Crippen LogP contribution in [0.25, 0.3) is 0 Å². The fourth-order valence-electron chi connectivity index (χ4n) is 1.58. The summed E-state index contributed by atoms with van der Waals surface area (Å²) in [7, 11) is 1.48. The van der Waals surface area contributed by atoms with Crippen molar-refractivity contribution in [3.05, 3.63) is 53.3 Å². The Morgan fingerprint density at radius 3 is 2.40 bits per heavy atom. The van der Waals surface area contributed by atoms with Crippen LogP contribution in [0.15, 0.2) is 36.4 Å². The first kappa shape index (κ1) is 13.4. The van der Waals surface area contributed by atoms with Crippen LogP contribution in [0, 0.1) is 28.5 Å². The molecule has 0 spiro atoms. The van der Waals surface area contributed by atoms with Crippen LogP contribution in [0.4, 0.5) is 4.39 Å². The van der Waals surface area contributed by atoms with E-state index in [1.54, 1.807) is 6.07 Å². The minimum atomic E-state index is -0.671. The van der Waals surface area contributed by atoms with Gasteiger partial charge in [-0.25, -0.2) is 4.39 Å². The van der Waals surface area contributed by atoms with Gasteiger partial charge in [-0.05, 0) is 30.3 Å². The van der Waals surface area contributed by atoms with Gasteiger partial charge in [-0.15, -0.1) is 0 Å². The monoisotopic (exact) mass is 268 g/mol. The Morgan fingerprint density at radius 2 is 1.80 bits per heavy atom. The molecule has 98 valence electrons. The van der Waals surface area contributed by atoms with Gasteiger partial charge in [0.05, 0.1) is 24.3 Å². The molecule has 0 heterocycles. The normalized spacial score (nSPS) is 9.40. The number of hydrogen-bond donors (Lipinski definition) is 0. The van der Waals surface area contributed by atoms with Crippen LogP contribution in [0.2, 0.25) is 0 Å². The van der Waals surface area contributed by atoms with Crippen LogP contribution < -0.4 is 9.47 Å². The summed E-state index contributed by atoms with van der Waals surface area (Å²) in [6.07, 6.45) is 0. The number of halogens is 1. The highest BCUT2D eigenvalue weighted by atomic mass is 19.1. The average molecular weight is 268 g/mol. The molecule has 2 aromatic rings. The SMILES string of the molecule is COc1ccc(C#N)c(Oc2ccc(C#N)cc2F)c1. The van der Waals surface area contributed by atoms with Crippen LogP contribution in [0.1, 0.15) is 11.1 Å². The number of nitrogens with zero attached hydrogens (tertiary/aromatic N) is 2. The largest absolute Gasteiger partial charge is 0.497 e. The molecule has 2 aromatic carbocycles. The Kier molecular flexibility index (Phi) is 3.83. The maximum atomic E-state index is 13.8. The summed E-state index contributed by atoms with van der Waals surface area (Å²) in [4.78, 5) is 0. The van der Waals surface area contributed by atoms with E-state index >= 15 is 0 Å². The number of benzene rings is 2. The van der Waals surface area contributed by atoms with E-state index in [2.05, 4.69) is 0 Å². The van der Waals surface area contributed by atoms with Crippen LogP contribution in [-0.2, 0) is 0 Å². The third-order valence-electron chi connectivity index (χ3n) is 2.59. The summed E-state index contributed by atoms with van der Waals surface area (Å²) in [5.41, 5.74) is 0.454. The molecule has 0 saturated heterocycles. The minimum absolute atomic E-state index is 0.0613. The van der Waals surface area contributed by atoms with Gasteiger partial charge in [0.25, 0.3) is 0 Å². The van der Waals surface area contributed by atoms with Gasteiger partial charge in [0.1, 0.15) is 17.6 Å². The number of rotatable bonds is 3. The Labute approximate surface area is 115 Å². The van der Waals surface area contributed by atoms with Crippen LogP contribution >= 0.6 is 0 Å². The van der Waals surface area contributed by atoms with Gasteiger partial charge >= 0.3 is 0 Å². The van der Waals surface area contributed by atoms with E-state index in [0.29, 0.717) is 5.75 Å². The molecule has 0 aliphatic carbocycles. The first-order valence-electron chi connectivity index (χ1n) is 5.63. The van der Waals surface area contributed by atoms with Crippen molar-refractivity contribution in [3.63, 3.8) is 0 Å². The molecular formula is C15H9FN2O2. The van der Waals surface area contributed by atoms with E-state index in [1.807, 2.05) is 12.1 Å². The Balaban J connectivity index is 2.39. The first-order chi connectivity index (χ1) is 9.67. The lowest BCUT2D eigenvalue weighted by Gasteiger charge is -2.09. The van der Waals surface area contributed by atoms with E-state index < -0.39 is 5.82 Å².